The molecule has 0 aliphatic carbocycles. The fourth-order valence-electron chi connectivity index (χ4n) is 0.860. The van der Waals surface area contributed by atoms with Crippen LogP contribution in [-0.2, 0) is 0 Å². The summed E-state index contributed by atoms with van der Waals surface area (Å²) in [6.07, 6.45) is 5.13. The Morgan fingerprint density at radius 1 is 1.23 bits per heavy atom. The predicted molar refractivity (Wildman–Crippen MR) is 43.5 cm³/mol. The Morgan fingerprint density at radius 2 is 1.92 bits per heavy atom. The molecule has 2 heterocycles. The SMILES string of the molecule is Nc1cnc(-n2cc(F)cn2)nc1. The average Bonchev–Trinajstić information content (AvgIpc) is 2.53. The van der Waals surface area contributed by atoms with Crippen molar-refractivity contribution in [3.8, 4) is 5.95 Å². The van der Waals surface area contributed by atoms with Crippen molar-refractivity contribution in [2.24, 2.45) is 0 Å². The molecule has 0 radical (unpaired) electrons. The number of anilines is 1. The van der Waals surface area contributed by atoms with Gasteiger partial charge in [0.2, 0.25) is 0 Å². The third-order valence-corrected chi connectivity index (χ3v) is 1.41. The lowest BCUT2D eigenvalue weighted by Crippen LogP contribution is -2.01. The maximum absolute atomic E-state index is 12.5. The van der Waals surface area contributed by atoms with Crippen LogP contribution >= 0.6 is 0 Å². The van der Waals surface area contributed by atoms with Gasteiger partial charge >= 0.3 is 0 Å². The summed E-state index contributed by atoms with van der Waals surface area (Å²) in [5.74, 6) is -0.140. The highest BCUT2D eigenvalue weighted by Crippen LogP contribution is 2.02. The van der Waals surface area contributed by atoms with Gasteiger partial charge in [-0.1, -0.05) is 0 Å². The van der Waals surface area contributed by atoms with Gasteiger partial charge in [0.05, 0.1) is 30.5 Å². The monoisotopic (exact) mass is 179 g/mol. The van der Waals surface area contributed by atoms with Crippen LogP contribution in [0.2, 0.25) is 0 Å². The van der Waals surface area contributed by atoms with Crippen LogP contribution in [0.1, 0.15) is 0 Å². The largest absolute Gasteiger partial charge is 0.396 e. The van der Waals surface area contributed by atoms with E-state index >= 15 is 0 Å². The molecule has 0 saturated heterocycles. The molecular weight excluding hydrogens is 173 g/mol. The van der Waals surface area contributed by atoms with Crippen LogP contribution in [0.15, 0.2) is 24.8 Å². The summed E-state index contributed by atoms with van der Waals surface area (Å²) in [5.41, 5.74) is 5.84. The second-order valence-corrected chi connectivity index (χ2v) is 2.42. The molecular formula is C7H6FN5. The van der Waals surface area contributed by atoms with Crippen molar-refractivity contribution in [2.45, 2.75) is 0 Å². The molecule has 66 valence electrons. The molecule has 2 rings (SSSR count). The van der Waals surface area contributed by atoms with Gasteiger partial charge in [0, 0.05) is 0 Å². The quantitative estimate of drug-likeness (QED) is 0.687. The molecule has 5 nitrogen and oxygen atoms in total. The van der Waals surface area contributed by atoms with E-state index in [1.54, 1.807) is 0 Å². The highest BCUT2D eigenvalue weighted by Gasteiger charge is 2.01. The molecule has 0 bridgehead atoms. The lowest BCUT2D eigenvalue weighted by molar-refractivity contribution is 0.626. The molecule has 0 spiro atoms. The number of hydrogen-bond donors (Lipinski definition) is 1. The Hall–Kier alpha value is -1.98. The Bertz CT molecular complexity index is 407. The van der Waals surface area contributed by atoms with Crippen molar-refractivity contribution in [1.29, 1.82) is 0 Å². The normalized spacial score (nSPS) is 10.2. The molecule has 2 aromatic rings. The number of hydrogen-bond acceptors (Lipinski definition) is 4. The van der Waals surface area contributed by atoms with Gasteiger partial charge in [-0.2, -0.15) is 5.10 Å². The van der Waals surface area contributed by atoms with Crippen LogP contribution in [0.5, 0.6) is 0 Å². The number of nitrogens with two attached hydrogens (primary N) is 1. The van der Waals surface area contributed by atoms with Gasteiger partial charge in [0.1, 0.15) is 0 Å². The molecule has 2 N–H and O–H groups in total. The van der Waals surface area contributed by atoms with E-state index in [1.807, 2.05) is 0 Å². The zero-order chi connectivity index (χ0) is 9.26. The first-order valence-electron chi connectivity index (χ1n) is 3.54. The fraction of sp³-hybridized carbons (Fsp3) is 0. The Balaban J connectivity index is 2.41. The number of rotatable bonds is 1. The van der Waals surface area contributed by atoms with Crippen molar-refractivity contribution in [3.05, 3.63) is 30.6 Å². The van der Waals surface area contributed by atoms with Crippen molar-refractivity contribution >= 4 is 5.69 Å². The standard InChI is InChI=1S/C7H6FN5/c8-5-1-12-13(4-5)7-10-2-6(9)3-11-7/h1-4H,9H2. The maximum Gasteiger partial charge on any atom is 0.250 e. The van der Waals surface area contributed by atoms with Gasteiger partial charge in [-0.3, -0.25) is 0 Å². The number of aromatic nitrogens is 4. The molecule has 2 aromatic heterocycles. The van der Waals surface area contributed by atoms with Crippen LogP contribution in [0, 0.1) is 5.82 Å². The van der Waals surface area contributed by atoms with E-state index in [-0.39, 0.29) is 5.95 Å². The van der Waals surface area contributed by atoms with Crippen LogP contribution in [-0.4, -0.2) is 19.7 Å². The smallest absolute Gasteiger partial charge is 0.250 e. The van der Waals surface area contributed by atoms with Crippen molar-refractivity contribution in [3.63, 3.8) is 0 Å². The van der Waals surface area contributed by atoms with Gasteiger partial charge in [0.15, 0.2) is 5.82 Å². The Kier molecular flexibility index (Phi) is 1.66. The number of nitrogens with zero attached hydrogens (tertiary/aromatic N) is 4. The fourth-order valence-corrected chi connectivity index (χ4v) is 0.860. The number of nitrogen functional groups attached to an aromatic ring is 1. The van der Waals surface area contributed by atoms with E-state index in [9.17, 15) is 4.39 Å². The molecule has 0 fully saturated rings. The highest BCUT2D eigenvalue weighted by molar-refractivity contribution is 5.32. The topological polar surface area (TPSA) is 69.6 Å². The second-order valence-electron chi connectivity index (χ2n) is 2.42. The summed E-state index contributed by atoms with van der Waals surface area (Å²) >= 11 is 0. The maximum atomic E-state index is 12.5. The van der Waals surface area contributed by atoms with E-state index < -0.39 is 5.82 Å². The third kappa shape index (κ3) is 1.46. The lowest BCUT2D eigenvalue weighted by atomic mass is 10.6. The summed E-state index contributed by atoms with van der Waals surface area (Å²) in [6, 6.07) is 0. The van der Waals surface area contributed by atoms with Crippen LogP contribution in [0.4, 0.5) is 10.1 Å². The Labute approximate surface area is 73.0 Å². The molecule has 13 heavy (non-hydrogen) atoms. The Morgan fingerprint density at radius 3 is 2.46 bits per heavy atom. The molecule has 0 atom stereocenters. The van der Waals surface area contributed by atoms with Gasteiger partial charge in [-0.15, -0.1) is 0 Å². The zero-order valence-electron chi connectivity index (χ0n) is 6.55. The first-order valence-corrected chi connectivity index (χ1v) is 3.54. The van der Waals surface area contributed by atoms with Crippen LogP contribution in [0.3, 0.4) is 0 Å². The molecule has 0 amide bonds. The minimum Gasteiger partial charge on any atom is -0.396 e. The summed E-state index contributed by atoms with van der Waals surface area (Å²) in [7, 11) is 0. The summed E-state index contributed by atoms with van der Waals surface area (Å²) < 4.78 is 13.8. The highest BCUT2D eigenvalue weighted by atomic mass is 19.1. The first kappa shape index (κ1) is 7.66. The predicted octanol–water partition coefficient (Wildman–Crippen LogP) is 0.384. The van der Waals surface area contributed by atoms with E-state index in [0.29, 0.717) is 5.69 Å². The second kappa shape index (κ2) is 2.81. The molecule has 0 aliphatic heterocycles. The van der Waals surface area contributed by atoms with Crippen molar-refractivity contribution in [2.75, 3.05) is 5.73 Å². The molecule has 6 heteroatoms. The van der Waals surface area contributed by atoms with E-state index in [1.165, 1.54) is 23.3 Å². The van der Waals surface area contributed by atoms with E-state index in [2.05, 4.69) is 15.1 Å². The molecule has 0 saturated carbocycles. The molecule has 0 aromatic carbocycles. The molecule has 0 aliphatic rings. The van der Waals surface area contributed by atoms with Gasteiger partial charge in [0.25, 0.3) is 5.95 Å². The zero-order valence-corrected chi connectivity index (χ0v) is 6.55. The van der Waals surface area contributed by atoms with E-state index in [0.717, 1.165) is 6.20 Å². The minimum absolute atomic E-state index is 0.290. The summed E-state index contributed by atoms with van der Waals surface area (Å²) in [5, 5.41) is 3.69. The summed E-state index contributed by atoms with van der Waals surface area (Å²) in [4.78, 5) is 7.72. The van der Waals surface area contributed by atoms with Crippen LogP contribution in [0.25, 0.3) is 5.95 Å². The lowest BCUT2D eigenvalue weighted by Gasteiger charge is -1.97. The van der Waals surface area contributed by atoms with Gasteiger partial charge in [-0.05, 0) is 0 Å². The van der Waals surface area contributed by atoms with Crippen molar-refractivity contribution in [1.82, 2.24) is 19.7 Å². The van der Waals surface area contributed by atoms with Crippen molar-refractivity contribution < 1.29 is 4.39 Å². The minimum atomic E-state index is -0.430. The van der Waals surface area contributed by atoms with E-state index in [4.69, 9.17) is 5.73 Å². The molecule has 0 unspecified atom stereocenters. The van der Waals surface area contributed by atoms with Gasteiger partial charge in [-0.25, -0.2) is 19.0 Å². The summed E-state index contributed by atoms with van der Waals surface area (Å²) in [6.45, 7) is 0. The third-order valence-electron chi connectivity index (χ3n) is 1.41. The number of halogens is 1. The first-order chi connectivity index (χ1) is 6.25. The van der Waals surface area contributed by atoms with Crippen LogP contribution < -0.4 is 5.73 Å². The average molecular weight is 179 g/mol. The van der Waals surface area contributed by atoms with Gasteiger partial charge < -0.3 is 5.73 Å².